The molecule has 1 aromatic carbocycles. The maximum atomic E-state index is 12.3. The summed E-state index contributed by atoms with van der Waals surface area (Å²) in [4.78, 5) is 37.5. The van der Waals surface area contributed by atoms with Crippen LogP contribution >= 0.6 is 0 Å². The fraction of sp³-hybridized carbons (Fsp3) is 0.409. The van der Waals surface area contributed by atoms with E-state index in [0.717, 1.165) is 12.8 Å². The number of piperidine rings is 1. The van der Waals surface area contributed by atoms with Crippen molar-refractivity contribution in [2.75, 3.05) is 19.7 Å². The minimum atomic E-state index is -0.0305. The van der Waals surface area contributed by atoms with Crippen molar-refractivity contribution in [1.82, 2.24) is 10.2 Å². The molecule has 7 nitrogen and oxygen atoms in total. The van der Waals surface area contributed by atoms with Gasteiger partial charge >= 0.3 is 0 Å². The van der Waals surface area contributed by atoms with Crippen molar-refractivity contribution in [1.29, 1.82) is 0 Å². The van der Waals surface area contributed by atoms with Gasteiger partial charge in [0.25, 0.3) is 5.91 Å². The Labute approximate surface area is 170 Å². The monoisotopic (exact) mass is 398 g/mol. The van der Waals surface area contributed by atoms with Crippen LogP contribution in [0.4, 0.5) is 0 Å². The van der Waals surface area contributed by atoms with Crippen LogP contribution in [-0.2, 0) is 4.79 Å². The Morgan fingerprint density at radius 2 is 1.83 bits per heavy atom. The van der Waals surface area contributed by atoms with Gasteiger partial charge in [-0.15, -0.1) is 0 Å². The molecule has 0 radical (unpaired) electrons. The van der Waals surface area contributed by atoms with Gasteiger partial charge in [-0.3, -0.25) is 14.4 Å². The fourth-order valence-electron chi connectivity index (χ4n) is 3.30. The normalized spacial score (nSPS) is 14.4. The number of nitrogens with zero attached hydrogens (tertiary/aromatic N) is 1. The molecule has 0 unspecified atom stereocenters. The lowest BCUT2D eigenvalue weighted by molar-refractivity contribution is -0.122. The lowest BCUT2D eigenvalue weighted by Gasteiger charge is -2.32. The summed E-state index contributed by atoms with van der Waals surface area (Å²) in [6.45, 7) is 3.20. The fourth-order valence-corrected chi connectivity index (χ4v) is 3.30. The number of hydrogen-bond donors (Lipinski definition) is 1. The number of nitrogens with one attached hydrogen (secondary N) is 1. The Morgan fingerprint density at radius 1 is 1.10 bits per heavy atom. The third kappa shape index (κ3) is 5.94. The minimum absolute atomic E-state index is 0.000128. The second-order valence-corrected chi connectivity index (χ2v) is 7.18. The van der Waals surface area contributed by atoms with Gasteiger partial charge in [-0.2, -0.15) is 0 Å². The van der Waals surface area contributed by atoms with Crippen LogP contribution in [0.25, 0.3) is 0 Å². The molecule has 7 heteroatoms. The van der Waals surface area contributed by atoms with E-state index in [1.807, 2.05) is 0 Å². The van der Waals surface area contributed by atoms with E-state index in [1.165, 1.54) is 19.5 Å². The summed E-state index contributed by atoms with van der Waals surface area (Å²) in [6.07, 6.45) is 5.43. The highest BCUT2D eigenvalue weighted by molar-refractivity contribution is 5.94. The molecule has 1 aromatic heterocycles. The molecule has 2 heterocycles. The van der Waals surface area contributed by atoms with Crippen molar-refractivity contribution in [2.45, 2.75) is 38.6 Å². The third-order valence-electron chi connectivity index (χ3n) is 4.99. The zero-order valence-corrected chi connectivity index (χ0v) is 16.6. The summed E-state index contributed by atoms with van der Waals surface area (Å²) >= 11 is 0. The van der Waals surface area contributed by atoms with Crippen LogP contribution in [0.15, 0.2) is 47.3 Å². The second kappa shape index (κ2) is 9.91. The van der Waals surface area contributed by atoms with Gasteiger partial charge in [0.2, 0.25) is 5.91 Å². The van der Waals surface area contributed by atoms with E-state index in [9.17, 15) is 14.4 Å². The predicted octanol–water partition coefficient (Wildman–Crippen LogP) is 3.06. The topological polar surface area (TPSA) is 88.9 Å². The van der Waals surface area contributed by atoms with E-state index in [4.69, 9.17) is 9.15 Å². The number of Topliss-reactive ketones (excluding diaryl/α,β-unsaturated/α-hetero) is 1. The second-order valence-electron chi connectivity index (χ2n) is 7.18. The van der Waals surface area contributed by atoms with Gasteiger partial charge in [-0.1, -0.05) is 0 Å². The summed E-state index contributed by atoms with van der Waals surface area (Å²) in [6, 6.07) is 8.74. The highest BCUT2D eigenvalue weighted by atomic mass is 16.5. The molecule has 1 aliphatic heterocycles. The smallest absolute Gasteiger partial charge is 0.257 e. The van der Waals surface area contributed by atoms with Crippen molar-refractivity contribution in [3.8, 4) is 5.75 Å². The van der Waals surface area contributed by atoms with Crippen LogP contribution in [0.1, 0.15) is 53.3 Å². The maximum absolute atomic E-state index is 12.3. The van der Waals surface area contributed by atoms with Crippen LogP contribution < -0.4 is 10.1 Å². The maximum Gasteiger partial charge on any atom is 0.257 e. The Hall–Kier alpha value is -3.09. The van der Waals surface area contributed by atoms with Gasteiger partial charge in [0.05, 0.1) is 18.4 Å². The highest BCUT2D eigenvalue weighted by Crippen LogP contribution is 2.15. The Kier molecular flexibility index (Phi) is 7.05. The number of carbonyl (C=O) groups is 3. The standard InChI is InChI=1S/C22H26N2O5/c1-16(25)17-4-6-20(7-5-17)29-13-2-3-21(26)23-19-8-11-24(12-9-19)22(27)18-10-14-28-15-18/h4-7,10,14-15,19H,2-3,8-9,11-13H2,1H3,(H,23,26). The van der Waals surface area contributed by atoms with Crippen LogP contribution in [0.2, 0.25) is 0 Å². The van der Waals surface area contributed by atoms with Crippen LogP contribution in [0.5, 0.6) is 5.75 Å². The van der Waals surface area contributed by atoms with E-state index >= 15 is 0 Å². The molecule has 1 N–H and O–H groups in total. The van der Waals surface area contributed by atoms with Gasteiger partial charge in [0.1, 0.15) is 12.0 Å². The predicted molar refractivity (Wildman–Crippen MR) is 107 cm³/mol. The Morgan fingerprint density at radius 3 is 2.45 bits per heavy atom. The average Bonchev–Trinajstić information content (AvgIpc) is 3.26. The zero-order chi connectivity index (χ0) is 20.6. The number of furan rings is 1. The SMILES string of the molecule is CC(=O)c1ccc(OCCCC(=O)NC2CCN(C(=O)c3ccoc3)CC2)cc1. The molecule has 29 heavy (non-hydrogen) atoms. The summed E-state index contributed by atoms with van der Waals surface area (Å²) in [5.41, 5.74) is 1.21. The first-order chi connectivity index (χ1) is 14.0. The molecule has 2 aromatic rings. The average molecular weight is 398 g/mol. The van der Waals surface area contributed by atoms with E-state index in [1.54, 1.807) is 35.2 Å². The number of benzene rings is 1. The molecule has 1 saturated heterocycles. The molecule has 0 aliphatic carbocycles. The van der Waals surface area contributed by atoms with Crippen molar-refractivity contribution >= 4 is 17.6 Å². The largest absolute Gasteiger partial charge is 0.494 e. The number of amides is 2. The van der Waals surface area contributed by atoms with E-state index in [2.05, 4.69) is 5.32 Å². The molecule has 1 aliphatic rings. The first-order valence-corrected chi connectivity index (χ1v) is 9.87. The first kappa shape index (κ1) is 20.6. The summed E-state index contributed by atoms with van der Waals surface area (Å²) in [5.74, 6) is 0.673. The van der Waals surface area contributed by atoms with Crippen molar-refractivity contribution in [3.05, 3.63) is 54.0 Å². The van der Waals surface area contributed by atoms with E-state index in [-0.39, 0.29) is 23.6 Å². The first-order valence-electron chi connectivity index (χ1n) is 9.87. The quantitative estimate of drug-likeness (QED) is 0.545. The Bertz CT molecular complexity index is 821. The number of ketones is 1. The lowest BCUT2D eigenvalue weighted by atomic mass is 10.0. The molecule has 3 rings (SSSR count). The number of carbonyl (C=O) groups excluding carboxylic acids is 3. The van der Waals surface area contributed by atoms with Gasteiger partial charge in [-0.25, -0.2) is 0 Å². The molecule has 0 spiro atoms. The van der Waals surface area contributed by atoms with E-state index < -0.39 is 0 Å². The number of ether oxygens (including phenoxy) is 1. The molecule has 154 valence electrons. The van der Waals surface area contributed by atoms with Gasteiger partial charge < -0.3 is 19.4 Å². The van der Waals surface area contributed by atoms with Crippen LogP contribution in [0, 0.1) is 0 Å². The van der Waals surface area contributed by atoms with Crippen molar-refractivity contribution in [3.63, 3.8) is 0 Å². The van der Waals surface area contributed by atoms with Crippen LogP contribution in [-0.4, -0.2) is 48.2 Å². The van der Waals surface area contributed by atoms with Gasteiger partial charge in [-0.05, 0) is 56.5 Å². The number of hydrogen-bond acceptors (Lipinski definition) is 5. The third-order valence-corrected chi connectivity index (χ3v) is 4.99. The summed E-state index contributed by atoms with van der Waals surface area (Å²) < 4.78 is 10.6. The number of rotatable bonds is 8. The molecule has 0 atom stereocenters. The summed E-state index contributed by atoms with van der Waals surface area (Å²) in [5, 5.41) is 3.04. The lowest BCUT2D eigenvalue weighted by Crippen LogP contribution is -2.46. The molecular weight excluding hydrogens is 372 g/mol. The van der Waals surface area contributed by atoms with E-state index in [0.29, 0.717) is 49.4 Å². The molecule has 0 bridgehead atoms. The van der Waals surface area contributed by atoms with Gasteiger partial charge in [0.15, 0.2) is 5.78 Å². The van der Waals surface area contributed by atoms with Gasteiger partial charge in [0, 0.05) is 31.1 Å². The summed E-state index contributed by atoms with van der Waals surface area (Å²) in [7, 11) is 0. The zero-order valence-electron chi connectivity index (χ0n) is 16.6. The van der Waals surface area contributed by atoms with Crippen LogP contribution in [0.3, 0.4) is 0 Å². The highest BCUT2D eigenvalue weighted by Gasteiger charge is 2.24. The Balaban J connectivity index is 1.31. The molecule has 1 fully saturated rings. The molecule has 2 amide bonds. The van der Waals surface area contributed by atoms with Crippen molar-refractivity contribution < 1.29 is 23.5 Å². The number of likely N-dealkylation sites (tertiary alicyclic amines) is 1. The van der Waals surface area contributed by atoms with Crippen molar-refractivity contribution in [2.24, 2.45) is 0 Å². The minimum Gasteiger partial charge on any atom is -0.494 e. The molecule has 0 saturated carbocycles. The molecular formula is C22H26N2O5.